The highest BCUT2D eigenvalue weighted by atomic mass is 19.4. The minimum Gasteiger partial charge on any atom is -0.465 e. The zero-order valence-corrected chi connectivity index (χ0v) is 12.8. The first-order chi connectivity index (χ1) is 11.1. The Morgan fingerprint density at radius 3 is 2.42 bits per heavy atom. The number of rotatable bonds is 3. The summed E-state index contributed by atoms with van der Waals surface area (Å²) >= 11 is 0. The number of anilines is 1. The molecule has 132 valence electrons. The fraction of sp³-hybridized carbons (Fsp3) is 0.500. The third-order valence-corrected chi connectivity index (χ3v) is 4.15. The number of hydrogen-bond acceptors (Lipinski definition) is 4. The van der Waals surface area contributed by atoms with Crippen LogP contribution in [0, 0.1) is 10.1 Å². The van der Waals surface area contributed by atoms with Crippen molar-refractivity contribution in [1.29, 1.82) is 0 Å². The van der Waals surface area contributed by atoms with Gasteiger partial charge < -0.3 is 14.9 Å². The van der Waals surface area contributed by atoms with Gasteiger partial charge in [0.15, 0.2) is 0 Å². The van der Waals surface area contributed by atoms with Crippen LogP contribution in [0.2, 0.25) is 0 Å². The molecule has 0 aromatic heterocycles. The number of carboxylic acid groups (broad SMARTS) is 1. The summed E-state index contributed by atoms with van der Waals surface area (Å²) in [6.45, 7) is 0.479. The first kappa shape index (κ1) is 17.8. The number of carbonyl (C=O) groups is 1. The Balaban J connectivity index is 2.24. The Labute approximate surface area is 135 Å². The van der Waals surface area contributed by atoms with Crippen molar-refractivity contribution in [3.63, 3.8) is 0 Å². The molecular formula is C14H16F3N3O4. The van der Waals surface area contributed by atoms with Gasteiger partial charge in [0.1, 0.15) is 0 Å². The number of halogens is 3. The first-order valence-corrected chi connectivity index (χ1v) is 7.17. The Bertz CT molecular complexity index is 643. The molecule has 1 saturated heterocycles. The van der Waals surface area contributed by atoms with Gasteiger partial charge in [-0.25, -0.2) is 4.79 Å². The minimum atomic E-state index is -4.71. The number of nitrogens with zero attached hydrogens (tertiary/aromatic N) is 3. The van der Waals surface area contributed by atoms with E-state index in [9.17, 15) is 28.1 Å². The number of nitro benzene ring substituents is 1. The minimum absolute atomic E-state index is 0.121. The second kappa shape index (κ2) is 6.54. The summed E-state index contributed by atoms with van der Waals surface area (Å²) in [6.07, 6.45) is -5.02. The second-order valence-electron chi connectivity index (χ2n) is 5.57. The van der Waals surface area contributed by atoms with E-state index < -0.39 is 28.4 Å². The van der Waals surface area contributed by atoms with Crippen LogP contribution in [0.4, 0.5) is 29.3 Å². The SMILES string of the molecule is CN(C(=O)O)C1CCN(c2ccc([N+](=O)[O-])cc2C(F)(F)F)CC1. The van der Waals surface area contributed by atoms with Crippen LogP contribution in [-0.2, 0) is 6.18 Å². The van der Waals surface area contributed by atoms with E-state index in [4.69, 9.17) is 5.11 Å². The number of benzene rings is 1. The van der Waals surface area contributed by atoms with Gasteiger partial charge in [0.2, 0.25) is 0 Å². The molecule has 10 heteroatoms. The molecular weight excluding hydrogens is 331 g/mol. The molecule has 1 aliphatic heterocycles. The lowest BCUT2D eigenvalue weighted by molar-refractivity contribution is -0.385. The highest BCUT2D eigenvalue weighted by molar-refractivity contribution is 5.65. The lowest BCUT2D eigenvalue weighted by Gasteiger charge is -2.37. The molecule has 1 aromatic carbocycles. The molecule has 1 aliphatic rings. The number of hydrogen-bond donors (Lipinski definition) is 1. The molecule has 0 spiro atoms. The molecule has 1 amide bonds. The Hall–Kier alpha value is -2.52. The molecule has 7 nitrogen and oxygen atoms in total. The van der Waals surface area contributed by atoms with Gasteiger partial charge in [-0.2, -0.15) is 13.2 Å². The van der Waals surface area contributed by atoms with Crippen LogP contribution < -0.4 is 4.90 Å². The van der Waals surface area contributed by atoms with E-state index in [1.54, 1.807) is 0 Å². The van der Waals surface area contributed by atoms with Crippen molar-refractivity contribution in [2.45, 2.75) is 25.1 Å². The molecule has 0 saturated carbocycles. The van der Waals surface area contributed by atoms with E-state index in [2.05, 4.69) is 0 Å². The molecule has 0 bridgehead atoms. The van der Waals surface area contributed by atoms with Crippen molar-refractivity contribution in [3.8, 4) is 0 Å². The van der Waals surface area contributed by atoms with E-state index in [1.165, 1.54) is 11.9 Å². The quantitative estimate of drug-likeness (QED) is 0.670. The Morgan fingerprint density at radius 2 is 1.96 bits per heavy atom. The average Bonchev–Trinajstić information content (AvgIpc) is 2.52. The topological polar surface area (TPSA) is 86.9 Å². The zero-order valence-electron chi connectivity index (χ0n) is 12.8. The largest absolute Gasteiger partial charge is 0.465 e. The maximum Gasteiger partial charge on any atom is 0.418 e. The molecule has 2 rings (SSSR count). The summed E-state index contributed by atoms with van der Waals surface area (Å²) < 4.78 is 39.7. The van der Waals surface area contributed by atoms with Crippen LogP contribution in [0.3, 0.4) is 0 Å². The Morgan fingerprint density at radius 1 is 1.38 bits per heavy atom. The normalized spacial score (nSPS) is 16.1. The van der Waals surface area contributed by atoms with Crippen molar-refractivity contribution >= 4 is 17.5 Å². The molecule has 1 N–H and O–H groups in total. The van der Waals surface area contributed by atoms with Crippen molar-refractivity contribution in [2.75, 3.05) is 25.0 Å². The van der Waals surface area contributed by atoms with Crippen LogP contribution in [0.15, 0.2) is 18.2 Å². The molecule has 1 aromatic rings. The van der Waals surface area contributed by atoms with Gasteiger partial charge in [-0.05, 0) is 18.9 Å². The fourth-order valence-electron chi connectivity index (χ4n) is 2.79. The highest BCUT2D eigenvalue weighted by Gasteiger charge is 2.37. The molecule has 24 heavy (non-hydrogen) atoms. The maximum atomic E-state index is 13.2. The lowest BCUT2D eigenvalue weighted by atomic mass is 10.0. The van der Waals surface area contributed by atoms with Crippen molar-refractivity contribution in [3.05, 3.63) is 33.9 Å². The summed E-state index contributed by atoms with van der Waals surface area (Å²) in [5, 5.41) is 19.7. The van der Waals surface area contributed by atoms with Gasteiger partial charge >= 0.3 is 12.3 Å². The molecule has 1 heterocycles. The maximum absolute atomic E-state index is 13.2. The van der Waals surface area contributed by atoms with E-state index in [0.29, 0.717) is 18.9 Å². The predicted octanol–water partition coefficient (Wildman–Crippen LogP) is 3.19. The van der Waals surface area contributed by atoms with Crippen molar-refractivity contribution in [2.24, 2.45) is 0 Å². The average molecular weight is 347 g/mol. The van der Waals surface area contributed by atoms with E-state index in [-0.39, 0.29) is 24.8 Å². The summed E-state index contributed by atoms with van der Waals surface area (Å²) in [7, 11) is 1.43. The zero-order chi connectivity index (χ0) is 18.1. The summed E-state index contributed by atoms with van der Waals surface area (Å²) in [5.41, 5.74) is -1.79. The van der Waals surface area contributed by atoms with E-state index in [1.807, 2.05) is 0 Å². The number of nitro groups is 1. The van der Waals surface area contributed by atoms with Crippen LogP contribution in [0.25, 0.3) is 0 Å². The van der Waals surface area contributed by atoms with Crippen molar-refractivity contribution in [1.82, 2.24) is 4.90 Å². The van der Waals surface area contributed by atoms with Gasteiger partial charge in [-0.1, -0.05) is 0 Å². The van der Waals surface area contributed by atoms with Gasteiger partial charge in [-0.3, -0.25) is 10.1 Å². The number of amides is 1. The molecule has 0 atom stereocenters. The smallest absolute Gasteiger partial charge is 0.418 e. The second-order valence-corrected chi connectivity index (χ2v) is 5.57. The summed E-state index contributed by atoms with van der Waals surface area (Å²) in [5.74, 6) is 0. The lowest BCUT2D eigenvalue weighted by Crippen LogP contribution is -2.45. The molecule has 0 unspecified atom stereocenters. The number of non-ortho nitro benzene ring substituents is 1. The summed E-state index contributed by atoms with van der Waals surface area (Å²) in [4.78, 5) is 23.4. The van der Waals surface area contributed by atoms with Gasteiger partial charge in [-0.15, -0.1) is 0 Å². The van der Waals surface area contributed by atoms with Crippen LogP contribution in [-0.4, -0.2) is 47.2 Å². The van der Waals surface area contributed by atoms with Crippen molar-refractivity contribution < 1.29 is 28.0 Å². The number of alkyl halides is 3. The standard InChI is InChI=1S/C14H16F3N3O4/c1-18(13(21)22)9-4-6-19(7-5-9)12-3-2-10(20(23)24)8-11(12)14(15,16)17/h2-3,8-9H,4-7H2,1H3,(H,21,22). The first-order valence-electron chi connectivity index (χ1n) is 7.17. The number of piperidine rings is 1. The third-order valence-electron chi connectivity index (χ3n) is 4.15. The highest BCUT2D eigenvalue weighted by Crippen LogP contribution is 2.39. The molecule has 0 radical (unpaired) electrons. The van der Waals surface area contributed by atoms with Gasteiger partial charge in [0.05, 0.1) is 10.5 Å². The van der Waals surface area contributed by atoms with Crippen LogP contribution >= 0.6 is 0 Å². The van der Waals surface area contributed by atoms with Crippen LogP contribution in [0.1, 0.15) is 18.4 Å². The predicted molar refractivity (Wildman–Crippen MR) is 79.1 cm³/mol. The summed E-state index contributed by atoms with van der Waals surface area (Å²) in [6, 6.07) is 2.42. The van der Waals surface area contributed by atoms with Gasteiger partial charge in [0, 0.05) is 44.0 Å². The monoisotopic (exact) mass is 347 g/mol. The van der Waals surface area contributed by atoms with Crippen LogP contribution in [0.5, 0.6) is 0 Å². The molecule has 0 aliphatic carbocycles. The van der Waals surface area contributed by atoms with E-state index >= 15 is 0 Å². The molecule has 1 fully saturated rings. The van der Waals surface area contributed by atoms with Gasteiger partial charge in [0.25, 0.3) is 5.69 Å². The third kappa shape index (κ3) is 3.69. The van der Waals surface area contributed by atoms with E-state index in [0.717, 1.165) is 17.0 Å². The fourth-order valence-corrected chi connectivity index (χ4v) is 2.79. The Kier molecular flexibility index (Phi) is 4.86.